The second-order valence-electron chi connectivity index (χ2n) is 12.3. The maximum absolute atomic E-state index is 13.5. The van der Waals surface area contributed by atoms with Gasteiger partial charge in [0.15, 0.2) is 0 Å². The summed E-state index contributed by atoms with van der Waals surface area (Å²) < 4.78 is 5.14. The molecular formula is C36H45N5O5. The Bertz CT molecular complexity index is 1920. The smallest absolute Gasteiger partial charge is 0.310 e. The molecule has 46 heavy (non-hydrogen) atoms. The number of aromatic nitrogens is 3. The Kier molecular flexibility index (Phi) is 9.19. The average Bonchev–Trinajstić information content (AvgIpc) is 3.71. The predicted octanol–water partition coefficient (Wildman–Crippen LogP) is 4.09. The summed E-state index contributed by atoms with van der Waals surface area (Å²) in [5.41, 5.74) is 11.3. The summed E-state index contributed by atoms with van der Waals surface area (Å²) in [5, 5.41) is 18.0. The number of H-pyrrole nitrogens is 3. The molecule has 3 aromatic rings. The van der Waals surface area contributed by atoms with Crippen LogP contribution in [0.2, 0.25) is 0 Å². The molecule has 0 radical (unpaired) electrons. The quantitative estimate of drug-likeness (QED) is 0.207. The summed E-state index contributed by atoms with van der Waals surface area (Å²) in [6.07, 6.45) is 8.16. The summed E-state index contributed by atoms with van der Waals surface area (Å²) in [7, 11) is 2.92. The molecule has 244 valence electrons. The molecule has 10 heteroatoms. The number of aromatic amines is 3. The Morgan fingerprint density at radius 2 is 1.57 bits per heavy atom. The largest absolute Gasteiger partial charge is 0.481 e. The lowest BCUT2D eigenvalue weighted by Gasteiger charge is -2.19. The van der Waals surface area contributed by atoms with Gasteiger partial charge in [-0.3, -0.25) is 14.4 Å². The Balaban J connectivity index is 1.94. The highest BCUT2D eigenvalue weighted by Gasteiger charge is 2.37. The third-order valence-corrected chi connectivity index (χ3v) is 9.82. The number of methoxy groups -OCH3 is 1. The second-order valence-corrected chi connectivity index (χ2v) is 12.3. The summed E-state index contributed by atoms with van der Waals surface area (Å²) in [6, 6.07) is 0. The standard InChI is InChI=1S/C36H45N5O5/c1-9-21-17(3)25-14-27-19(5)23(11-12-31(42)43)34(40-27)24(13-32(44)46-8)35-33(36(45)37-7)20(6)28(41-35)16-30-22(10-2)18(4)26(39-30)15-29(21)38-25/h14-16,19,23,38-41H,9-13H2,1-8H3,(H,37,45)(H,42,43). The molecule has 2 unspecified atom stereocenters. The second kappa shape index (κ2) is 12.9. The van der Waals surface area contributed by atoms with Crippen LogP contribution in [0.5, 0.6) is 0 Å². The van der Waals surface area contributed by atoms with E-state index in [1.54, 1.807) is 7.05 Å². The number of allylic oxidation sites excluding steroid dienone is 2. The van der Waals surface area contributed by atoms with Crippen molar-refractivity contribution in [3.05, 3.63) is 78.2 Å². The monoisotopic (exact) mass is 627 g/mol. The fourth-order valence-corrected chi connectivity index (χ4v) is 7.14. The van der Waals surface area contributed by atoms with Gasteiger partial charge in [0, 0.05) is 70.1 Å². The van der Waals surface area contributed by atoms with Crippen molar-refractivity contribution in [1.82, 2.24) is 25.6 Å². The number of carbonyl (C=O) groups excluding carboxylic acids is 2. The predicted molar refractivity (Wildman–Crippen MR) is 179 cm³/mol. The van der Waals surface area contributed by atoms with Crippen molar-refractivity contribution in [3.8, 4) is 0 Å². The van der Waals surface area contributed by atoms with Crippen molar-refractivity contribution in [3.63, 3.8) is 0 Å². The van der Waals surface area contributed by atoms with Crippen LogP contribution in [0, 0.1) is 32.6 Å². The molecular weight excluding hydrogens is 582 g/mol. The summed E-state index contributed by atoms with van der Waals surface area (Å²) in [6.45, 7) is 12.5. The minimum Gasteiger partial charge on any atom is -0.481 e. The van der Waals surface area contributed by atoms with E-state index in [9.17, 15) is 19.5 Å². The first-order chi connectivity index (χ1) is 21.9. The molecule has 8 bridgehead atoms. The van der Waals surface area contributed by atoms with Crippen LogP contribution in [0.25, 0.3) is 23.8 Å². The van der Waals surface area contributed by atoms with Gasteiger partial charge in [-0.05, 0) is 86.1 Å². The van der Waals surface area contributed by atoms with E-state index in [-0.39, 0.29) is 30.6 Å². The van der Waals surface area contributed by atoms with Crippen LogP contribution in [0.1, 0.15) is 101 Å². The first kappa shape index (κ1) is 32.7. The molecule has 5 rings (SSSR count). The number of rotatable bonds is 8. The number of nitrogens with one attached hydrogen (secondary N) is 5. The van der Waals surface area contributed by atoms with Crippen LogP contribution in [-0.4, -0.2) is 52.1 Å². The highest BCUT2D eigenvalue weighted by Crippen LogP contribution is 2.43. The van der Waals surface area contributed by atoms with Crippen molar-refractivity contribution >= 4 is 41.6 Å². The van der Waals surface area contributed by atoms with Gasteiger partial charge in [-0.2, -0.15) is 0 Å². The maximum atomic E-state index is 13.5. The number of aliphatic carboxylic acids is 1. The molecule has 1 amide bonds. The van der Waals surface area contributed by atoms with Gasteiger partial charge in [-0.15, -0.1) is 0 Å². The molecule has 0 aromatic carbocycles. The number of carboxylic acid groups (broad SMARTS) is 1. The van der Waals surface area contributed by atoms with Gasteiger partial charge in [-0.1, -0.05) is 20.8 Å². The lowest BCUT2D eigenvalue weighted by Crippen LogP contribution is -2.21. The molecule has 6 N–H and O–H groups in total. The highest BCUT2D eigenvalue weighted by atomic mass is 16.5. The van der Waals surface area contributed by atoms with E-state index in [0.717, 1.165) is 68.7 Å². The molecule has 10 nitrogen and oxygen atoms in total. The van der Waals surface area contributed by atoms with E-state index >= 15 is 0 Å². The van der Waals surface area contributed by atoms with Gasteiger partial charge >= 0.3 is 11.9 Å². The minimum atomic E-state index is -0.893. The summed E-state index contributed by atoms with van der Waals surface area (Å²) in [5.74, 6) is -1.99. The van der Waals surface area contributed by atoms with Crippen molar-refractivity contribution in [2.24, 2.45) is 11.8 Å². The van der Waals surface area contributed by atoms with Crippen LogP contribution in [0.3, 0.4) is 0 Å². The van der Waals surface area contributed by atoms with Gasteiger partial charge in [-0.25, -0.2) is 0 Å². The molecule has 5 heterocycles. The molecule has 2 aliphatic heterocycles. The van der Waals surface area contributed by atoms with E-state index in [0.29, 0.717) is 23.3 Å². The van der Waals surface area contributed by atoms with Crippen molar-refractivity contribution < 1.29 is 24.2 Å². The molecule has 0 aliphatic carbocycles. The van der Waals surface area contributed by atoms with Crippen LogP contribution < -0.4 is 21.3 Å². The molecule has 0 spiro atoms. The molecule has 2 atom stereocenters. The van der Waals surface area contributed by atoms with Gasteiger partial charge in [0.25, 0.3) is 5.91 Å². The zero-order valence-electron chi connectivity index (χ0n) is 28.0. The third-order valence-electron chi connectivity index (χ3n) is 9.82. The van der Waals surface area contributed by atoms with Gasteiger partial charge in [0.05, 0.1) is 24.8 Å². The average molecular weight is 628 g/mol. The number of hydrogen-bond acceptors (Lipinski definition) is 5. The lowest BCUT2D eigenvalue weighted by molar-refractivity contribution is -0.139. The lowest BCUT2D eigenvalue weighted by atomic mass is 9.85. The SMILES string of the molecule is CCc1c2[nH]c(c1C)C=C1NC(=C(CC(=O)OC)c3[nH]c(c(C)c3C(=O)NC)C=c3[nH]c(c(C)c3CC)=C2)C(CCC(=O)O)C1C. The van der Waals surface area contributed by atoms with Crippen LogP contribution >= 0.6 is 0 Å². The van der Waals surface area contributed by atoms with Crippen LogP contribution in [-0.2, 0) is 27.2 Å². The Hall–Kier alpha value is -4.73. The number of fused-ring (bicyclic) bond motifs is 8. The molecule has 3 aromatic heterocycles. The topological polar surface area (TPSA) is 152 Å². The number of esters is 1. The fourth-order valence-electron chi connectivity index (χ4n) is 7.14. The third kappa shape index (κ3) is 5.72. The number of hydrogen-bond donors (Lipinski definition) is 6. The molecule has 2 aliphatic rings. The van der Waals surface area contributed by atoms with E-state index < -0.39 is 11.9 Å². The normalized spacial score (nSPS) is 17.2. The maximum Gasteiger partial charge on any atom is 0.310 e. The Labute approximate surface area is 269 Å². The van der Waals surface area contributed by atoms with E-state index in [4.69, 9.17) is 4.74 Å². The molecule has 1 saturated heterocycles. The zero-order valence-corrected chi connectivity index (χ0v) is 28.0. The minimum absolute atomic E-state index is 0.0429. The Morgan fingerprint density at radius 3 is 2.20 bits per heavy atom. The number of amides is 1. The highest BCUT2D eigenvalue weighted by molar-refractivity contribution is 6.02. The fraction of sp³-hybridized carbons (Fsp3) is 0.417. The first-order valence-electron chi connectivity index (χ1n) is 16.0. The van der Waals surface area contributed by atoms with Crippen LogP contribution in [0.15, 0.2) is 11.4 Å². The number of ether oxygens (including phenoxy) is 1. The van der Waals surface area contributed by atoms with Crippen LogP contribution in [0.4, 0.5) is 0 Å². The van der Waals surface area contributed by atoms with Crippen molar-refractivity contribution in [2.45, 2.75) is 73.6 Å². The zero-order chi connectivity index (χ0) is 33.4. The summed E-state index contributed by atoms with van der Waals surface area (Å²) in [4.78, 5) is 49.1. The first-order valence-corrected chi connectivity index (χ1v) is 16.0. The van der Waals surface area contributed by atoms with E-state index in [1.165, 1.54) is 18.2 Å². The van der Waals surface area contributed by atoms with E-state index in [2.05, 4.69) is 72.4 Å². The van der Waals surface area contributed by atoms with Crippen molar-refractivity contribution in [1.29, 1.82) is 0 Å². The number of carboxylic acids is 1. The summed E-state index contributed by atoms with van der Waals surface area (Å²) >= 11 is 0. The van der Waals surface area contributed by atoms with E-state index in [1.807, 2.05) is 13.0 Å². The van der Waals surface area contributed by atoms with Gasteiger partial charge < -0.3 is 35.4 Å². The van der Waals surface area contributed by atoms with Gasteiger partial charge in [0.2, 0.25) is 0 Å². The Morgan fingerprint density at radius 1 is 0.891 bits per heavy atom. The molecule has 0 saturated carbocycles. The number of carbonyl (C=O) groups is 3. The van der Waals surface area contributed by atoms with Gasteiger partial charge in [0.1, 0.15) is 0 Å². The molecule has 1 fully saturated rings. The van der Waals surface area contributed by atoms with Crippen molar-refractivity contribution in [2.75, 3.05) is 14.2 Å².